The van der Waals surface area contributed by atoms with Crippen LogP contribution in [0.3, 0.4) is 0 Å². The highest BCUT2D eigenvalue weighted by molar-refractivity contribution is 6.31. The number of halogens is 1. The standard InChI is InChI=1S/C16H16ClN3O2/c1-19(15(21)13-9-11(17)10-18-13)14-7-8-20(16(14)22)12-5-3-2-4-6-12/h2-6,9-10,14,18H,7-8H2,1H3. The first kappa shape index (κ1) is 14.7. The number of hydrogen-bond donors (Lipinski definition) is 1. The first-order chi connectivity index (χ1) is 10.6. The summed E-state index contributed by atoms with van der Waals surface area (Å²) < 4.78 is 0. The average molecular weight is 318 g/mol. The van der Waals surface area contributed by atoms with E-state index in [0.29, 0.717) is 23.7 Å². The zero-order chi connectivity index (χ0) is 15.7. The molecular formula is C16H16ClN3O2. The zero-order valence-electron chi connectivity index (χ0n) is 12.1. The Balaban J connectivity index is 1.76. The summed E-state index contributed by atoms with van der Waals surface area (Å²) in [7, 11) is 1.65. The maximum absolute atomic E-state index is 12.6. The van der Waals surface area contributed by atoms with Gasteiger partial charge in [-0.25, -0.2) is 0 Å². The van der Waals surface area contributed by atoms with E-state index in [-0.39, 0.29) is 11.8 Å². The average Bonchev–Trinajstić information content (AvgIpc) is 3.13. The summed E-state index contributed by atoms with van der Waals surface area (Å²) in [6.07, 6.45) is 2.17. The number of anilines is 1. The predicted molar refractivity (Wildman–Crippen MR) is 85.1 cm³/mol. The van der Waals surface area contributed by atoms with Crippen LogP contribution in [-0.2, 0) is 4.79 Å². The number of hydrogen-bond acceptors (Lipinski definition) is 2. The summed E-state index contributed by atoms with van der Waals surface area (Å²) >= 11 is 5.82. The third-order valence-electron chi connectivity index (χ3n) is 3.91. The van der Waals surface area contributed by atoms with Gasteiger partial charge in [-0.1, -0.05) is 29.8 Å². The van der Waals surface area contributed by atoms with E-state index in [0.717, 1.165) is 5.69 Å². The van der Waals surface area contributed by atoms with Crippen LogP contribution in [0.15, 0.2) is 42.6 Å². The van der Waals surface area contributed by atoms with Crippen molar-refractivity contribution in [3.63, 3.8) is 0 Å². The molecule has 0 radical (unpaired) electrons. The Morgan fingerprint density at radius 2 is 2.09 bits per heavy atom. The number of aromatic nitrogens is 1. The first-order valence-corrected chi connectivity index (χ1v) is 7.43. The van der Waals surface area contributed by atoms with Gasteiger partial charge in [-0.15, -0.1) is 0 Å². The molecule has 22 heavy (non-hydrogen) atoms. The molecule has 1 aliphatic rings. The van der Waals surface area contributed by atoms with Crippen molar-refractivity contribution in [2.45, 2.75) is 12.5 Å². The Morgan fingerprint density at radius 3 is 2.73 bits per heavy atom. The molecule has 0 aliphatic carbocycles. The third kappa shape index (κ3) is 2.60. The lowest BCUT2D eigenvalue weighted by molar-refractivity contribution is -0.120. The fourth-order valence-corrected chi connectivity index (χ4v) is 2.88. The molecule has 1 aliphatic heterocycles. The Labute approximate surface area is 133 Å². The summed E-state index contributed by atoms with van der Waals surface area (Å²) in [5.74, 6) is -0.292. The van der Waals surface area contributed by atoms with Crippen LogP contribution in [0.5, 0.6) is 0 Å². The molecule has 1 atom stereocenters. The van der Waals surface area contributed by atoms with Gasteiger partial charge in [0.1, 0.15) is 11.7 Å². The summed E-state index contributed by atoms with van der Waals surface area (Å²) in [5, 5.41) is 0.473. The maximum Gasteiger partial charge on any atom is 0.270 e. The van der Waals surface area contributed by atoms with Crippen molar-refractivity contribution in [1.29, 1.82) is 0 Å². The highest BCUT2D eigenvalue weighted by Crippen LogP contribution is 2.24. The van der Waals surface area contributed by atoms with Crippen molar-refractivity contribution in [1.82, 2.24) is 9.88 Å². The van der Waals surface area contributed by atoms with E-state index in [4.69, 9.17) is 11.6 Å². The van der Waals surface area contributed by atoms with Gasteiger partial charge in [-0.3, -0.25) is 9.59 Å². The van der Waals surface area contributed by atoms with Gasteiger partial charge in [0.15, 0.2) is 0 Å². The molecule has 114 valence electrons. The van der Waals surface area contributed by atoms with Crippen molar-refractivity contribution in [2.24, 2.45) is 0 Å². The van der Waals surface area contributed by atoms with Crippen molar-refractivity contribution in [2.75, 3.05) is 18.5 Å². The van der Waals surface area contributed by atoms with Gasteiger partial charge < -0.3 is 14.8 Å². The quantitative estimate of drug-likeness (QED) is 0.946. The lowest BCUT2D eigenvalue weighted by Crippen LogP contribution is -2.43. The minimum absolute atomic E-state index is 0.0558. The monoisotopic (exact) mass is 317 g/mol. The Morgan fingerprint density at radius 1 is 1.36 bits per heavy atom. The molecule has 0 bridgehead atoms. The second kappa shape index (κ2) is 5.85. The van der Waals surface area contributed by atoms with Gasteiger partial charge in [-0.2, -0.15) is 0 Å². The Bertz CT molecular complexity index is 698. The number of nitrogens with zero attached hydrogens (tertiary/aromatic N) is 2. The van der Waals surface area contributed by atoms with Crippen LogP contribution in [-0.4, -0.2) is 41.3 Å². The fraction of sp³-hybridized carbons (Fsp3) is 0.250. The molecule has 1 saturated heterocycles. The van der Waals surface area contributed by atoms with Gasteiger partial charge in [0, 0.05) is 25.5 Å². The van der Waals surface area contributed by atoms with E-state index in [2.05, 4.69) is 4.98 Å². The Hall–Kier alpha value is -2.27. The van der Waals surface area contributed by atoms with Gasteiger partial charge >= 0.3 is 0 Å². The second-order valence-electron chi connectivity index (χ2n) is 5.28. The molecule has 2 aromatic rings. The summed E-state index contributed by atoms with van der Waals surface area (Å²) in [6, 6.07) is 10.6. The molecule has 5 nitrogen and oxygen atoms in total. The van der Waals surface area contributed by atoms with Crippen LogP contribution >= 0.6 is 11.6 Å². The zero-order valence-corrected chi connectivity index (χ0v) is 12.9. The van der Waals surface area contributed by atoms with E-state index in [1.165, 1.54) is 4.90 Å². The normalized spacial score (nSPS) is 17.8. The number of para-hydroxylation sites is 1. The number of H-pyrrole nitrogens is 1. The fourth-order valence-electron chi connectivity index (χ4n) is 2.71. The molecule has 2 heterocycles. The van der Waals surface area contributed by atoms with E-state index in [1.54, 1.807) is 24.2 Å². The molecule has 0 spiro atoms. The molecule has 0 saturated carbocycles. The largest absolute Gasteiger partial charge is 0.356 e. The van der Waals surface area contributed by atoms with Crippen LogP contribution in [0.1, 0.15) is 16.9 Å². The summed E-state index contributed by atoms with van der Waals surface area (Å²) in [6.45, 7) is 0.608. The topological polar surface area (TPSA) is 56.4 Å². The van der Waals surface area contributed by atoms with Gasteiger partial charge in [0.2, 0.25) is 5.91 Å². The minimum Gasteiger partial charge on any atom is -0.356 e. The minimum atomic E-state index is -0.449. The number of carbonyl (C=O) groups is 2. The van der Waals surface area contributed by atoms with Crippen molar-refractivity contribution in [3.05, 3.63) is 53.3 Å². The molecule has 1 aromatic carbocycles. The third-order valence-corrected chi connectivity index (χ3v) is 4.13. The Kier molecular flexibility index (Phi) is 3.90. The van der Waals surface area contributed by atoms with Crippen LogP contribution in [0.25, 0.3) is 0 Å². The first-order valence-electron chi connectivity index (χ1n) is 7.05. The number of nitrogens with one attached hydrogen (secondary N) is 1. The molecule has 1 aromatic heterocycles. The number of carbonyl (C=O) groups excluding carboxylic acids is 2. The number of amides is 2. The van der Waals surface area contributed by atoms with Crippen molar-refractivity contribution in [3.8, 4) is 0 Å². The van der Waals surface area contributed by atoms with Crippen LogP contribution < -0.4 is 4.90 Å². The molecule has 1 fully saturated rings. The number of likely N-dealkylation sites (N-methyl/N-ethyl adjacent to an activating group) is 1. The smallest absolute Gasteiger partial charge is 0.270 e. The van der Waals surface area contributed by atoms with E-state index in [9.17, 15) is 9.59 Å². The van der Waals surface area contributed by atoms with Crippen molar-refractivity contribution < 1.29 is 9.59 Å². The van der Waals surface area contributed by atoms with E-state index >= 15 is 0 Å². The SMILES string of the molecule is CN(C(=O)c1cc(Cl)c[nH]1)C1CCN(c2ccccc2)C1=O. The highest BCUT2D eigenvalue weighted by Gasteiger charge is 2.37. The van der Waals surface area contributed by atoms with Crippen LogP contribution in [0, 0.1) is 0 Å². The number of aromatic amines is 1. The molecule has 3 rings (SSSR count). The summed E-state index contributed by atoms with van der Waals surface area (Å²) in [5.41, 5.74) is 1.25. The molecule has 6 heteroatoms. The lowest BCUT2D eigenvalue weighted by Gasteiger charge is -2.23. The van der Waals surface area contributed by atoms with Crippen LogP contribution in [0.2, 0.25) is 5.02 Å². The number of benzene rings is 1. The summed E-state index contributed by atoms with van der Waals surface area (Å²) in [4.78, 5) is 31.0. The van der Waals surface area contributed by atoms with Crippen molar-refractivity contribution >= 4 is 29.1 Å². The van der Waals surface area contributed by atoms with Crippen LogP contribution in [0.4, 0.5) is 5.69 Å². The molecule has 2 amide bonds. The highest BCUT2D eigenvalue weighted by atomic mass is 35.5. The molecular weight excluding hydrogens is 302 g/mol. The second-order valence-corrected chi connectivity index (χ2v) is 5.71. The predicted octanol–water partition coefficient (Wildman–Crippen LogP) is 2.55. The number of rotatable bonds is 3. The van der Waals surface area contributed by atoms with Gasteiger partial charge in [0.25, 0.3) is 5.91 Å². The molecule has 1 unspecified atom stereocenters. The maximum atomic E-state index is 12.6. The molecule has 1 N–H and O–H groups in total. The van der Waals surface area contributed by atoms with Gasteiger partial charge in [0.05, 0.1) is 5.02 Å². The van der Waals surface area contributed by atoms with Gasteiger partial charge in [-0.05, 0) is 24.6 Å². The lowest BCUT2D eigenvalue weighted by atomic mass is 10.2. The van der Waals surface area contributed by atoms with E-state index < -0.39 is 6.04 Å². The van der Waals surface area contributed by atoms with E-state index in [1.807, 2.05) is 30.3 Å².